The Morgan fingerprint density at radius 1 is 1.37 bits per heavy atom. The van der Waals surface area contributed by atoms with E-state index in [0.29, 0.717) is 6.54 Å². The molecule has 2 aliphatic heterocycles. The molecule has 0 atom stereocenters. The third-order valence-electron chi connectivity index (χ3n) is 4.33. The van der Waals surface area contributed by atoms with E-state index >= 15 is 0 Å². The summed E-state index contributed by atoms with van der Waals surface area (Å²) in [5, 5.41) is 12.3. The second-order valence-electron chi connectivity index (χ2n) is 7.44. The Balaban J connectivity index is 1.89. The number of nitrogens with one attached hydrogen (secondary N) is 1. The van der Waals surface area contributed by atoms with Crippen LogP contribution in [0.4, 0.5) is 4.79 Å². The lowest BCUT2D eigenvalue weighted by Gasteiger charge is -2.45. The van der Waals surface area contributed by atoms with Crippen molar-refractivity contribution >= 4 is 6.09 Å². The fourth-order valence-corrected chi connectivity index (χ4v) is 3.34. The summed E-state index contributed by atoms with van der Waals surface area (Å²) >= 11 is 0. The normalized spacial score (nSPS) is 35.7. The minimum atomic E-state index is -0.494. The van der Waals surface area contributed by atoms with Crippen molar-refractivity contribution in [1.29, 1.82) is 0 Å². The number of hydrogen-bond acceptors (Lipinski definition) is 4. The molecule has 0 aromatic heterocycles. The quantitative estimate of drug-likeness (QED) is 0.821. The van der Waals surface area contributed by atoms with Gasteiger partial charge in [0.15, 0.2) is 0 Å². The fraction of sp³-hybridized carbons (Fsp3) is 0.929. The van der Waals surface area contributed by atoms with Crippen LogP contribution < -0.4 is 5.32 Å². The van der Waals surface area contributed by atoms with E-state index in [2.05, 4.69) is 5.32 Å². The van der Waals surface area contributed by atoms with Crippen molar-refractivity contribution in [2.45, 2.75) is 64.3 Å². The fourth-order valence-electron chi connectivity index (χ4n) is 3.34. The molecule has 5 nitrogen and oxygen atoms in total. The molecule has 2 bridgehead atoms. The topological polar surface area (TPSA) is 67.8 Å². The number of alkyl carbamates (subject to hydrolysis) is 1. The molecule has 2 N–H and O–H groups in total. The number of carbonyl (C=O) groups is 1. The third-order valence-corrected chi connectivity index (χ3v) is 4.33. The maximum atomic E-state index is 11.6. The van der Waals surface area contributed by atoms with Gasteiger partial charge in [0.1, 0.15) is 5.60 Å². The van der Waals surface area contributed by atoms with Crippen LogP contribution in [0.2, 0.25) is 0 Å². The minimum absolute atomic E-state index is 0.133. The number of carbonyl (C=O) groups excluding carboxylic acids is 1. The van der Waals surface area contributed by atoms with Gasteiger partial charge in [-0.05, 0) is 47.5 Å². The van der Waals surface area contributed by atoms with E-state index in [1.165, 1.54) is 0 Å². The number of aliphatic hydroxyl groups excluding tert-OH is 1. The molecule has 2 saturated heterocycles. The van der Waals surface area contributed by atoms with E-state index in [4.69, 9.17) is 9.47 Å². The van der Waals surface area contributed by atoms with E-state index in [-0.39, 0.29) is 23.2 Å². The van der Waals surface area contributed by atoms with Crippen LogP contribution in [0.25, 0.3) is 0 Å². The zero-order valence-electron chi connectivity index (χ0n) is 12.5. The summed E-state index contributed by atoms with van der Waals surface area (Å²) in [6.45, 7) is 10.1. The highest BCUT2D eigenvalue weighted by Gasteiger charge is 2.71. The monoisotopic (exact) mass is 271 g/mol. The van der Waals surface area contributed by atoms with Crippen LogP contribution in [0, 0.1) is 5.41 Å². The lowest BCUT2D eigenvalue weighted by molar-refractivity contribution is -0.0547. The Morgan fingerprint density at radius 3 is 2.37 bits per heavy atom. The SMILES string of the molecule is CC(C)(C)OC(=O)NCC12CC(CO)(C1)C(C)(C)O2. The molecule has 5 heteroatoms. The van der Waals surface area contributed by atoms with E-state index < -0.39 is 11.7 Å². The predicted molar refractivity (Wildman–Crippen MR) is 70.9 cm³/mol. The first kappa shape index (κ1) is 14.6. The summed E-state index contributed by atoms with van der Waals surface area (Å²) in [5.74, 6) is 0. The molecular weight excluding hydrogens is 246 g/mol. The molecule has 0 spiro atoms. The third kappa shape index (κ3) is 2.46. The van der Waals surface area contributed by atoms with Crippen molar-refractivity contribution in [1.82, 2.24) is 5.32 Å². The smallest absolute Gasteiger partial charge is 0.407 e. The Hall–Kier alpha value is -0.810. The van der Waals surface area contributed by atoms with Gasteiger partial charge in [-0.3, -0.25) is 0 Å². The molecule has 3 rings (SSSR count). The molecule has 2 heterocycles. The molecular formula is C14H25NO4. The Labute approximate surface area is 114 Å². The van der Waals surface area contributed by atoms with Crippen LogP contribution in [0.5, 0.6) is 0 Å². The lowest BCUT2D eigenvalue weighted by atomic mass is 9.57. The van der Waals surface area contributed by atoms with Gasteiger partial charge in [0.25, 0.3) is 0 Å². The van der Waals surface area contributed by atoms with Crippen molar-refractivity contribution < 1.29 is 19.4 Å². The largest absolute Gasteiger partial charge is 0.444 e. The van der Waals surface area contributed by atoms with Crippen molar-refractivity contribution in [3.05, 3.63) is 0 Å². The molecule has 3 fully saturated rings. The van der Waals surface area contributed by atoms with Crippen LogP contribution >= 0.6 is 0 Å². The molecule has 1 saturated carbocycles. The molecule has 1 amide bonds. The molecule has 0 aromatic carbocycles. The van der Waals surface area contributed by atoms with E-state index in [9.17, 15) is 9.90 Å². The highest BCUT2D eigenvalue weighted by Crippen LogP contribution is 2.65. The first-order valence-electron chi connectivity index (χ1n) is 6.81. The zero-order chi connectivity index (χ0) is 14.5. The van der Waals surface area contributed by atoms with Gasteiger partial charge >= 0.3 is 6.09 Å². The summed E-state index contributed by atoms with van der Waals surface area (Å²) in [6, 6.07) is 0. The van der Waals surface area contributed by atoms with Crippen LogP contribution in [0.1, 0.15) is 47.5 Å². The minimum Gasteiger partial charge on any atom is -0.444 e. The number of amides is 1. The van der Waals surface area contributed by atoms with Gasteiger partial charge in [0.05, 0.1) is 17.8 Å². The summed E-state index contributed by atoms with van der Waals surface area (Å²) in [6.07, 6.45) is 1.16. The van der Waals surface area contributed by atoms with Gasteiger partial charge in [-0.25, -0.2) is 4.79 Å². The van der Waals surface area contributed by atoms with Gasteiger partial charge in [-0.1, -0.05) is 0 Å². The van der Waals surface area contributed by atoms with Gasteiger partial charge in [-0.2, -0.15) is 0 Å². The molecule has 0 aromatic rings. The number of ether oxygens (including phenoxy) is 2. The second-order valence-corrected chi connectivity index (χ2v) is 7.44. The maximum Gasteiger partial charge on any atom is 0.407 e. The lowest BCUT2D eigenvalue weighted by Crippen LogP contribution is -2.54. The molecule has 19 heavy (non-hydrogen) atoms. The predicted octanol–water partition coefficient (Wildman–Crippen LogP) is 1.83. The number of hydrogen-bond donors (Lipinski definition) is 2. The summed E-state index contributed by atoms with van der Waals surface area (Å²) in [5.41, 5.74) is -1.31. The van der Waals surface area contributed by atoms with Gasteiger partial charge in [-0.15, -0.1) is 0 Å². The molecule has 110 valence electrons. The van der Waals surface area contributed by atoms with Crippen LogP contribution in [-0.2, 0) is 9.47 Å². The number of fused-ring (bicyclic) bond motifs is 1. The summed E-state index contributed by atoms with van der Waals surface area (Å²) in [7, 11) is 0. The molecule has 0 unspecified atom stereocenters. The highest BCUT2D eigenvalue weighted by atomic mass is 16.6. The van der Waals surface area contributed by atoms with Crippen molar-refractivity contribution in [3.63, 3.8) is 0 Å². The Kier molecular flexibility index (Phi) is 3.14. The Bertz CT molecular complexity index is 377. The average Bonchev–Trinajstić information content (AvgIpc) is 2.53. The van der Waals surface area contributed by atoms with Gasteiger partial charge in [0.2, 0.25) is 0 Å². The highest BCUT2D eigenvalue weighted by molar-refractivity contribution is 5.67. The zero-order valence-corrected chi connectivity index (χ0v) is 12.5. The van der Waals surface area contributed by atoms with Gasteiger partial charge < -0.3 is 19.9 Å². The van der Waals surface area contributed by atoms with Crippen LogP contribution in [-0.4, -0.2) is 41.2 Å². The molecule has 1 aliphatic carbocycles. The first-order chi connectivity index (χ1) is 8.53. The second kappa shape index (κ2) is 4.09. The van der Waals surface area contributed by atoms with Crippen molar-refractivity contribution in [3.8, 4) is 0 Å². The first-order valence-corrected chi connectivity index (χ1v) is 6.81. The van der Waals surface area contributed by atoms with E-state index in [1.807, 2.05) is 34.6 Å². The number of aliphatic hydroxyl groups is 1. The standard InChI is InChI=1S/C14H25NO4/c1-11(2,3)18-10(17)15-8-14-6-13(7-14,9-16)12(4,5)19-14/h16H,6-9H2,1-5H3,(H,15,17). The summed E-state index contributed by atoms with van der Waals surface area (Å²) in [4.78, 5) is 11.6. The summed E-state index contributed by atoms with van der Waals surface area (Å²) < 4.78 is 11.3. The van der Waals surface area contributed by atoms with Gasteiger partial charge in [0, 0.05) is 12.0 Å². The molecule has 0 radical (unpaired) electrons. The van der Waals surface area contributed by atoms with Crippen LogP contribution in [0.15, 0.2) is 0 Å². The number of rotatable bonds is 3. The van der Waals surface area contributed by atoms with Crippen LogP contribution in [0.3, 0.4) is 0 Å². The van der Waals surface area contributed by atoms with E-state index in [1.54, 1.807) is 0 Å². The van der Waals surface area contributed by atoms with Crippen molar-refractivity contribution in [2.24, 2.45) is 5.41 Å². The maximum absolute atomic E-state index is 11.6. The van der Waals surface area contributed by atoms with Crippen molar-refractivity contribution in [2.75, 3.05) is 13.2 Å². The average molecular weight is 271 g/mol. The Morgan fingerprint density at radius 2 is 1.95 bits per heavy atom. The molecule has 3 aliphatic rings. The van der Waals surface area contributed by atoms with E-state index in [0.717, 1.165) is 12.8 Å².